The largest absolute Gasteiger partial charge is 0.372 e. The van der Waals surface area contributed by atoms with Crippen LogP contribution in [0, 0.1) is 0 Å². The van der Waals surface area contributed by atoms with Gasteiger partial charge in [0.15, 0.2) is 0 Å². The van der Waals surface area contributed by atoms with E-state index in [1.54, 1.807) is 23.9 Å². The highest BCUT2D eigenvalue weighted by Gasteiger charge is 2.36. The number of piperazine rings is 1. The minimum Gasteiger partial charge on any atom is -0.372 e. The van der Waals surface area contributed by atoms with Gasteiger partial charge in [-0.2, -0.15) is 0 Å². The molecule has 2 heterocycles. The molecule has 7 nitrogen and oxygen atoms in total. The van der Waals surface area contributed by atoms with Crippen LogP contribution in [0.25, 0.3) is 0 Å². The predicted octanol–water partition coefficient (Wildman–Crippen LogP) is 1.05. The maximum atomic E-state index is 13.1. The van der Waals surface area contributed by atoms with Crippen LogP contribution >= 0.6 is 0 Å². The van der Waals surface area contributed by atoms with Crippen LogP contribution in [-0.2, 0) is 9.59 Å². The van der Waals surface area contributed by atoms with Crippen LogP contribution < -0.4 is 4.90 Å². The van der Waals surface area contributed by atoms with Crippen LogP contribution in [0.3, 0.4) is 0 Å². The van der Waals surface area contributed by atoms with Crippen molar-refractivity contribution in [2.24, 2.45) is 0 Å². The van der Waals surface area contributed by atoms with E-state index in [2.05, 4.69) is 4.90 Å². The Morgan fingerprint density at radius 3 is 2.37 bits per heavy atom. The van der Waals surface area contributed by atoms with Crippen LogP contribution in [0.1, 0.15) is 30.1 Å². The van der Waals surface area contributed by atoms with Gasteiger partial charge in [0.25, 0.3) is 5.91 Å². The Kier molecular flexibility index (Phi) is 5.68. The van der Waals surface area contributed by atoms with E-state index in [-0.39, 0.29) is 24.3 Å². The molecule has 0 spiro atoms. The van der Waals surface area contributed by atoms with Crippen LogP contribution in [0.15, 0.2) is 24.3 Å². The third kappa shape index (κ3) is 4.07. The SMILES string of the molecule is CC(=O)N1CCN(C(=O)c2cccc(N3CCCC3)c2)C[C@@H]1C(=O)N(C)C. The first-order chi connectivity index (χ1) is 12.9. The Labute approximate surface area is 160 Å². The van der Waals surface area contributed by atoms with Crippen molar-refractivity contribution < 1.29 is 14.4 Å². The van der Waals surface area contributed by atoms with Crippen molar-refractivity contribution in [3.05, 3.63) is 29.8 Å². The summed E-state index contributed by atoms with van der Waals surface area (Å²) < 4.78 is 0. The Morgan fingerprint density at radius 2 is 1.74 bits per heavy atom. The van der Waals surface area contributed by atoms with E-state index in [0.717, 1.165) is 18.8 Å². The molecule has 2 fully saturated rings. The first-order valence-electron chi connectivity index (χ1n) is 9.51. The highest BCUT2D eigenvalue weighted by Crippen LogP contribution is 2.23. The number of nitrogens with zero attached hydrogens (tertiary/aromatic N) is 4. The van der Waals surface area contributed by atoms with Gasteiger partial charge in [0.1, 0.15) is 6.04 Å². The average Bonchev–Trinajstić information content (AvgIpc) is 3.21. The number of benzene rings is 1. The molecular weight excluding hydrogens is 344 g/mol. The van der Waals surface area contributed by atoms with Crippen molar-refractivity contribution in [2.45, 2.75) is 25.8 Å². The molecule has 3 rings (SSSR count). The van der Waals surface area contributed by atoms with Crippen LogP contribution in [0.5, 0.6) is 0 Å². The highest BCUT2D eigenvalue weighted by atomic mass is 16.2. The van der Waals surface area contributed by atoms with Gasteiger partial charge < -0.3 is 19.6 Å². The van der Waals surface area contributed by atoms with Crippen molar-refractivity contribution in [1.82, 2.24) is 14.7 Å². The Hall–Kier alpha value is -2.57. The van der Waals surface area contributed by atoms with Crippen LogP contribution in [0.4, 0.5) is 5.69 Å². The van der Waals surface area contributed by atoms with Gasteiger partial charge in [0, 0.05) is 58.4 Å². The number of carbonyl (C=O) groups is 3. The summed E-state index contributed by atoms with van der Waals surface area (Å²) in [4.78, 5) is 44.5. The maximum Gasteiger partial charge on any atom is 0.254 e. The lowest BCUT2D eigenvalue weighted by atomic mass is 10.1. The number of amides is 3. The topological polar surface area (TPSA) is 64.2 Å². The zero-order chi connectivity index (χ0) is 19.6. The number of hydrogen-bond acceptors (Lipinski definition) is 4. The average molecular weight is 372 g/mol. The second-order valence-electron chi connectivity index (χ2n) is 7.46. The van der Waals surface area contributed by atoms with E-state index >= 15 is 0 Å². The van der Waals surface area contributed by atoms with Gasteiger partial charge in [-0.3, -0.25) is 14.4 Å². The van der Waals surface area contributed by atoms with Crippen molar-refractivity contribution in [2.75, 3.05) is 51.7 Å². The van der Waals surface area contributed by atoms with E-state index in [9.17, 15) is 14.4 Å². The molecule has 2 aliphatic rings. The molecule has 0 aliphatic carbocycles. The maximum absolute atomic E-state index is 13.1. The smallest absolute Gasteiger partial charge is 0.254 e. The number of likely N-dealkylation sites (N-methyl/N-ethyl adjacent to an activating group) is 1. The minimum absolute atomic E-state index is 0.0872. The fourth-order valence-corrected chi connectivity index (χ4v) is 3.85. The van der Waals surface area contributed by atoms with E-state index in [1.807, 2.05) is 24.3 Å². The zero-order valence-electron chi connectivity index (χ0n) is 16.4. The molecule has 0 bridgehead atoms. The quantitative estimate of drug-likeness (QED) is 0.796. The van der Waals surface area contributed by atoms with Gasteiger partial charge >= 0.3 is 0 Å². The van der Waals surface area contributed by atoms with E-state index in [0.29, 0.717) is 18.7 Å². The normalized spacial score (nSPS) is 20.0. The molecule has 1 aromatic rings. The molecule has 1 aromatic carbocycles. The molecule has 0 aromatic heterocycles. The first-order valence-corrected chi connectivity index (χ1v) is 9.51. The molecule has 0 radical (unpaired) electrons. The summed E-state index contributed by atoms with van der Waals surface area (Å²) in [5.74, 6) is -0.386. The van der Waals surface area contributed by atoms with Crippen molar-refractivity contribution in [3.63, 3.8) is 0 Å². The second kappa shape index (κ2) is 7.98. The summed E-state index contributed by atoms with van der Waals surface area (Å²) in [6.45, 7) is 4.54. The minimum atomic E-state index is -0.628. The Morgan fingerprint density at radius 1 is 1.04 bits per heavy atom. The summed E-state index contributed by atoms with van der Waals surface area (Å²) >= 11 is 0. The standard InChI is InChI=1S/C20H28N4O3/c1-15(25)24-12-11-23(14-18(24)20(27)21(2)3)19(26)16-7-6-8-17(13-16)22-9-4-5-10-22/h6-8,13,18H,4-5,9-12,14H2,1-3H3/t18-/m1/s1. The molecule has 0 N–H and O–H groups in total. The van der Waals surface area contributed by atoms with E-state index < -0.39 is 6.04 Å². The summed E-state index contributed by atoms with van der Waals surface area (Å²) in [6, 6.07) is 7.08. The predicted molar refractivity (Wildman–Crippen MR) is 104 cm³/mol. The third-order valence-corrected chi connectivity index (χ3v) is 5.36. The molecule has 0 unspecified atom stereocenters. The summed E-state index contributed by atoms with van der Waals surface area (Å²) in [5, 5.41) is 0. The van der Waals surface area contributed by atoms with E-state index in [1.165, 1.54) is 24.7 Å². The van der Waals surface area contributed by atoms with Crippen LogP contribution in [0.2, 0.25) is 0 Å². The number of carbonyl (C=O) groups excluding carboxylic acids is 3. The van der Waals surface area contributed by atoms with Crippen molar-refractivity contribution in [1.29, 1.82) is 0 Å². The van der Waals surface area contributed by atoms with Gasteiger partial charge in [0.05, 0.1) is 6.54 Å². The molecule has 27 heavy (non-hydrogen) atoms. The van der Waals surface area contributed by atoms with Gasteiger partial charge in [-0.05, 0) is 31.0 Å². The zero-order valence-corrected chi connectivity index (χ0v) is 16.4. The lowest BCUT2D eigenvalue weighted by molar-refractivity contribution is -0.146. The van der Waals surface area contributed by atoms with Crippen molar-refractivity contribution >= 4 is 23.4 Å². The number of hydrogen-bond donors (Lipinski definition) is 0. The molecule has 7 heteroatoms. The van der Waals surface area contributed by atoms with Crippen LogP contribution in [-0.4, -0.2) is 85.3 Å². The summed E-state index contributed by atoms with van der Waals surface area (Å²) in [6.07, 6.45) is 2.36. The molecule has 0 saturated carbocycles. The lowest BCUT2D eigenvalue weighted by Crippen LogP contribution is -2.61. The monoisotopic (exact) mass is 372 g/mol. The fraction of sp³-hybridized carbons (Fsp3) is 0.550. The fourth-order valence-electron chi connectivity index (χ4n) is 3.85. The van der Waals surface area contributed by atoms with Gasteiger partial charge in [-0.15, -0.1) is 0 Å². The highest BCUT2D eigenvalue weighted by molar-refractivity contribution is 5.96. The van der Waals surface area contributed by atoms with E-state index in [4.69, 9.17) is 0 Å². The number of rotatable bonds is 3. The number of anilines is 1. The molecule has 146 valence electrons. The molecule has 3 amide bonds. The van der Waals surface area contributed by atoms with Gasteiger partial charge in [-0.1, -0.05) is 6.07 Å². The Bertz CT molecular complexity index is 728. The second-order valence-corrected chi connectivity index (χ2v) is 7.46. The lowest BCUT2D eigenvalue weighted by Gasteiger charge is -2.41. The molecular formula is C20H28N4O3. The first kappa shape index (κ1) is 19.2. The van der Waals surface area contributed by atoms with Gasteiger partial charge in [-0.25, -0.2) is 0 Å². The Balaban J connectivity index is 1.77. The van der Waals surface area contributed by atoms with Crippen molar-refractivity contribution in [3.8, 4) is 0 Å². The summed E-state index contributed by atoms with van der Waals surface area (Å²) in [7, 11) is 3.34. The van der Waals surface area contributed by atoms with Gasteiger partial charge in [0.2, 0.25) is 11.8 Å². The molecule has 2 aliphatic heterocycles. The molecule has 1 atom stereocenters. The third-order valence-electron chi connectivity index (χ3n) is 5.36. The summed E-state index contributed by atoms with van der Waals surface area (Å²) in [5.41, 5.74) is 1.70. The molecule has 2 saturated heterocycles.